The highest BCUT2D eigenvalue weighted by Crippen LogP contribution is 2.30. The Kier molecular flexibility index (Phi) is 3.39. The summed E-state index contributed by atoms with van der Waals surface area (Å²) in [5.74, 6) is 1.49. The van der Waals surface area contributed by atoms with E-state index in [-0.39, 0.29) is 0 Å². The summed E-state index contributed by atoms with van der Waals surface area (Å²) >= 11 is 0. The summed E-state index contributed by atoms with van der Waals surface area (Å²) in [5, 5.41) is 0. The Bertz CT molecular complexity index is 329. The molecule has 1 aromatic rings. The lowest BCUT2D eigenvalue weighted by atomic mass is 10.2. The number of hydrogen-bond acceptors (Lipinski definition) is 4. The van der Waals surface area contributed by atoms with Gasteiger partial charge in [0.15, 0.2) is 0 Å². The zero-order valence-corrected chi connectivity index (χ0v) is 10.1. The fraction of sp³-hybridized carbons (Fsp3) is 0.667. The van der Waals surface area contributed by atoms with Crippen LogP contribution in [0.3, 0.4) is 0 Å². The van der Waals surface area contributed by atoms with Gasteiger partial charge in [-0.15, -0.1) is 0 Å². The molecule has 16 heavy (non-hydrogen) atoms. The van der Waals surface area contributed by atoms with E-state index in [1.165, 1.54) is 12.8 Å². The monoisotopic (exact) mass is 220 g/mol. The highest BCUT2D eigenvalue weighted by Gasteiger charge is 2.30. The van der Waals surface area contributed by atoms with Crippen LogP contribution in [0.25, 0.3) is 0 Å². The van der Waals surface area contributed by atoms with E-state index >= 15 is 0 Å². The third-order valence-electron chi connectivity index (χ3n) is 2.73. The molecule has 1 saturated carbocycles. The minimum atomic E-state index is 0.508. The van der Waals surface area contributed by atoms with E-state index in [0.717, 1.165) is 18.1 Å². The van der Waals surface area contributed by atoms with E-state index < -0.39 is 0 Å². The van der Waals surface area contributed by atoms with E-state index in [0.29, 0.717) is 18.5 Å². The predicted octanol–water partition coefficient (Wildman–Crippen LogP) is 1.56. The van der Waals surface area contributed by atoms with Gasteiger partial charge in [0.05, 0.1) is 0 Å². The molecule has 0 saturated heterocycles. The van der Waals surface area contributed by atoms with Crippen LogP contribution in [0.4, 0.5) is 5.95 Å². The van der Waals surface area contributed by atoms with Crippen molar-refractivity contribution >= 4 is 5.95 Å². The average molecular weight is 220 g/mol. The molecule has 0 aliphatic heterocycles. The Morgan fingerprint density at radius 1 is 1.38 bits per heavy atom. The van der Waals surface area contributed by atoms with Gasteiger partial charge in [-0.1, -0.05) is 13.8 Å². The van der Waals surface area contributed by atoms with Crippen LogP contribution < -0.4 is 10.6 Å². The molecule has 0 bridgehead atoms. The topological polar surface area (TPSA) is 55.0 Å². The highest BCUT2D eigenvalue weighted by molar-refractivity contribution is 5.34. The van der Waals surface area contributed by atoms with E-state index in [2.05, 4.69) is 28.7 Å². The fourth-order valence-corrected chi connectivity index (χ4v) is 1.78. The lowest BCUT2D eigenvalue weighted by Crippen LogP contribution is -2.31. The number of nitrogens with zero attached hydrogens (tertiary/aromatic N) is 3. The molecule has 0 unspecified atom stereocenters. The SMILES string of the molecule is CC(C)CN(c1ncc(CN)cn1)C1CC1. The molecule has 1 aliphatic rings. The second-order valence-corrected chi connectivity index (χ2v) is 4.87. The van der Waals surface area contributed by atoms with Crippen LogP contribution >= 0.6 is 0 Å². The van der Waals surface area contributed by atoms with Crippen molar-refractivity contribution < 1.29 is 0 Å². The van der Waals surface area contributed by atoms with Crippen molar-refractivity contribution in [1.29, 1.82) is 0 Å². The van der Waals surface area contributed by atoms with Gasteiger partial charge in [-0.2, -0.15) is 0 Å². The maximum Gasteiger partial charge on any atom is 0.225 e. The van der Waals surface area contributed by atoms with E-state index in [9.17, 15) is 0 Å². The van der Waals surface area contributed by atoms with Crippen molar-refractivity contribution in [2.45, 2.75) is 39.3 Å². The van der Waals surface area contributed by atoms with Gasteiger partial charge in [0.2, 0.25) is 5.95 Å². The third-order valence-corrected chi connectivity index (χ3v) is 2.73. The van der Waals surface area contributed by atoms with Crippen molar-refractivity contribution in [3.05, 3.63) is 18.0 Å². The average Bonchev–Trinajstić information content (AvgIpc) is 3.10. The van der Waals surface area contributed by atoms with Crippen LogP contribution in [0, 0.1) is 5.92 Å². The maximum atomic E-state index is 5.54. The summed E-state index contributed by atoms with van der Waals surface area (Å²) in [6.07, 6.45) is 6.21. The van der Waals surface area contributed by atoms with Crippen molar-refractivity contribution in [2.75, 3.05) is 11.4 Å². The summed E-state index contributed by atoms with van der Waals surface area (Å²) in [6.45, 7) is 5.99. The Morgan fingerprint density at radius 2 is 2.00 bits per heavy atom. The third kappa shape index (κ3) is 2.70. The first kappa shape index (κ1) is 11.3. The second kappa shape index (κ2) is 4.78. The standard InChI is InChI=1S/C12H20N4/c1-9(2)8-16(11-3-4-11)12-14-6-10(5-13)7-15-12/h6-7,9,11H,3-5,8,13H2,1-2H3. The van der Waals surface area contributed by atoms with Crippen LogP contribution in [0.15, 0.2) is 12.4 Å². The first-order valence-electron chi connectivity index (χ1n) is 5.98. The number of hydrogen-bond donors (Lipinski definition) is 1. The van der Waals surface area contributed by atoms with Crippen LogP contribution in [-0.2, 0) is 6.54 Å². The Labute approximate surface area is 96.9 Å². The van der Waals surface area contributed by atoms with Crippen LogP contribution in [0.5, 0.6) is 0 Å². The van der Waals surface area contributed by atoms with Gasteiger partial charge in [0.25, 0.3) is 0 Å². The van der Waals surface area contributed by atoms with Crippen LogP contribution in [-0.4, -0.2) is 22.6 Å². The largest absolute Gasteiger partial charge is 0.338 e. The lowest BCUT2D eigenvalue weighted by molar-refractivity contribution is 0.597. The van der Waals surface area contributed by atoms with E-state index in [1.807, 2.05) is 12.4 Å². The molecular formula is C12H20N4. The Hall–Kier alpha value is -1.16. The van der Waals surface area contributed by atoms with Gasteiger partial charge in [0.1, 0.15) is 0 Å². The number of rotatable bonds is 5. The van der Waals surface area contributed by atoms with E-state index in [4.69, 9.17) is 5.73 Å². The number of nitrogens with two attached hydrogens (primary N) is 1. The quantitative estimate of drug-likeness (QED) is 0.818. The van der Waals surface area contributed by atoms with Gasteiger partial charge in [0, 0.05) is 37.1 Å². The first-order valence-corrected chi connectivity index (χ1v) is 5.98. The highest BCUT2D eigenvalue weighted by atomic mass is 15.3. The van der Waals surface area contributed by atoms with Crippen LogP contribution in [0.1, 0.15) is 32.3 Å². The second-order valence-electron chi connectivity index (χ2n) is 4.87. The van der Waals surface area contributed by atoms with Gasteiger partial charge in [-0.05, 0) is 18.8 Å². The van der Waals surface area contributed by atoms with Crippen molar-refractivity contribution in [1.82, 2.24) is 9.97 Å². The summed E-state index contributed by atoms with van der Waals surface area (Å²) in [5.41, 5.74) is 6.53. The first-order chi connectivity index (χ1) is 7.70. The molecule has 0 atom stereocenters. The molecule has 1 fully saturated rings. The van der Waals surface area contributed by atoms with Crippen molar-refractivity contribution in [3.63, 3.8) is 0 Å². The normalized spacial score (nSPS) is 15.5. The number of anilines is 1. The Morgan fingerprint density at radius 3 is 2.44 bits per heavy atom. The maximum absolute atomic E-state index is 5.54. The molecule has 4 nitrogen and oxygen atoms in total. The molecule has 88 valence electrons. The molecule has 1 aliphatic carbocycles. The predicted molar refractivity (Wildman–Crippen MR) is 65.1 cm³/mol. The van der Waals surface area contributed by atoms with Gasteiger partial charge in [-0.25, -0.2) is 9.97 Å². The summed E-state index contributed by atoms with van der Waals surface area (Å²) in [4.78, 5) is 11.1. The molecule has 1 heterocycles. The molecular weight excluding hydrogens is 200 g/mol. The lowest BCUT2D eigenvalue weighted by Gasteiger charge is -2.24. The van der Waals surface area contributed by atoms with E-state index in [1.54, 1.807) is 0 Å². The molecule has 4 heteroatoms. The van der Waals surface area contributed by atoms with Gasteiger partial charge >= 0.3 is 0 Å². The molecule has 0 radical (unpaired) electrons. The zero-order valence-electron chi connectivity index (χ0n) is 10.1. The molecule has 2 rings (SSSR count). The minimum Gasteiger partial charge on any atom is -0.338 e. The van der Waals surface area contributed by atoms with Crippen molar-refractivity contribution in [2.24, 2.45) is 11.7 Å². The molecule has 1 aromatic heterocycles. The Balaban J connectivity index is 2.11. The summed E-state index contributed by atoms with van der Waals surface area (Å²) in [7, 11) is 0. The minimum absolute atomic E-state index is 0.508. The molecule has 0 aromatic carbocycles. The smallest absolute Gasteiger partial charge is 0.225 e. The summed E-state index contributed by atoms with van der Waals surface area (Å²) in [6, 6.07) is 0.658. The fourth-order valence-electron chi connectivity index (χ4n) is 1.78. The number of aromatic nitrogens is 2. The van der Waals surface area contributed by atoms with Crippen molar-refractivity contribution in [3.8, 4) is 0 Å². The molecule has 2 N–H and O–H groups in total. The van der Waals surface area contributed by atoms with Crippen LogP contribution in [0.2, 0.25) is 0 Å². The van der Waals surface area contributed by atoms with Gasteiger partial charge < -0.3 is 10.6 Å². The summed E-state index contributed by atoms with van der Waals surface area (Å²) < 4.78 is 0. The zero-order chi connectivity index (χ0) is 11.5. The molecule has 0 spiro atoms. The molecule has 0 amide bonds. The van der Waals surface area contributed by atoms with Gasteiger partial charge in [-0.3, -0.25) is 0 Å².